The summed E-state index contributed by atoms with van der Waals surface area (Å²) in [5.41, 5.74) is 0. The van der Waals surface area contributed by atoms with Crippen molar-refractivity contribution >= 4 is 17.8 Å². The van der Waals surface area contributed by atoms with E-state index in [2.05, 4.69) is 5.32 Å². The van der Waals surface area contributed by atoms with Crippen molar-refractivity contribution in [2.75, 3.05) is 13.2 Å². The van der Waals surface area contributed by atoms with Gasteiger partial charge < -0.3 is 14.8 Å². The molecule has 1 N–H and O–H groups in total. The number of esters is 2. The second kappa shape index (κ2) is 6.37. The van der Waals surface area contributed by atoms with Crippen LogP contribution in [0.4, 0.5) is 0 Å². The van der Waals surface area contributed by atoms with Crippen molar-refractivity contribution in [2.45, 2.75) is 33.2 Å². The second-order valence-corrected chi connectivity index (χ2v) is 4.22. The van der Waals surface area contributed by atoms with Crippen molar-refractivity contribution in [3.05, 3.63) is 0 Å². The average molecular weight is 257 g/mol. The fraction of sp³-hybridized carbons (Fsp3) is 0.750. The van der Waals surface area contributed by atoms with Crippen molar-refractivity contribution in [1.29, 1.82) is 0 Å². The normalized spacial score (nSPS) is 19.8. The number of carbonyl (C=O) groups excluding carboxylic acids is 3. The van der Waals surface area contributed by atoms with E-state index in [1.54, 1.807) is 20.8 Å². The molecule has 2 unspecified atom stereocenters. The van der Waals surface area contributed by atoms with E-state index in [4.69, 9.17) is 9.47 Å². The molecule has 2 atom stereocenters. The van der Waals surface area contributed by atoms with Gasteiger partial charge in [-0.2, -0.15) is 0 Å². The Hall–Kier alpha value is -1.59. The van der Waals surface area contributed by atoms with E-state index >= 15 is 0 Å². The molecule has 1 heterocycles. The van der Waals surface area contributed by atoms with Gasteiger partial charge in [0, 0.05) is 18.4 Å². The molecule has 1 aliphatic rings. The van der Waals surface area contributed by atoms with Gasteiger partial charge in [-0.1, -0.05) is 6.92 Å². The van der Waals surface area contributed by atoms with E-state index in [0.29, 0.717) is 6.42 Å². The molecule has 0 aromatic carbocycles. The van der Waals surface area contributed by atoms with Crippen molar-refractivity contribution in [2.24, 2.45) is 11.8 Å². The molecule has 6 heteroatoms. The van der Waals surface area contributed by atoms with E-state index in [1.165, 1.54) is 0 Å². The topological polar surface area (TPSA) is 81.7 Å². The minimum Gasteiger partial charge on any atom is -0.465 e. The Bertz CT molecular complexity index is 315. The summed E-state index contributed by atoms with van der Waals surface area (Å²) in [6.07, 6.45) is 0.330. The Balaban J connectivity index is 2.72. The van der Waals surface area contributed by atoms with Gasteiger partial charge in [-0.25, -0.2) is 0 Å². The minimum atomic E-state index is -0.976. The number of ether oxygens (including phenoxy) is 2. The summed E-state index contributed by atoms with van der Waals surface area (Å²) in [5, 5.41) is 2.66. The Morgan fingerprint density at radius 1 is 1.28 bits per heavy atom. The molecule has 1 saturated heterocycles. The van der Waals surface area contributed by atoms with Crippen LogP contribution in [0.3, 0.4) is 0 Å². The van der Waals surface area contributed by atoms with Gasteiger partial charge in [-0.05, 0) is 13.8 Å². The summed E-state index contributed by atoms with van der Waals surface area (Å²) >= 11 is 0. The highest BCUT2D eigenvalue weighted by molar-refractivity contribution is 5.95. The summed E-state index contributed by atoms with van der Waals surface area (Å²) in [4.78, 5) is 34.5. The predicted molar refractivity (Wildman–Crippen MR) is 62.5 cm³/mol. The molecule has 1 rings (SSSR count). The fourth-order valence-electron chi connectivity index (χ4n) is 1.92. The fourth-order valence-corrected chi connectivity index (χ4v) is 1.92. The lowest BCUT2D eigenvalue weighted by Gasteiger charge is -2.34. The van der Waals surface area contributed by atoms with Gasteiger partial charge in [0.25, 0.3) is 0 Å². The zero-order valence-electron chi connectivity index (χ0n) is 10.9. The molecule has 102 valence electrons. The monoisotopic (exact) mass is 257 g/mol. The van der Waals surface area contributed by atoms with Crippen LogP contribution >= 0.6 is 0 Å². The van der Waals surface area contributed by atoms with Crippen LogP contribution in [0.15, 0.2) is 0 Å². The molecule has 6 nitrogen and oxygen atoms in total. The number of β-lactam (4-membered cyclic amide) rings is 1. The summed E-state index contributed by atoms with van der Waals surface area (Å²) < 4.78 is 9.77. The van der Waals surface area contributed by atoms with Gasteiger partial charge in [-0.15, -0.1) is 0 Å². The number of carbonyl (C=O) groups is 3. The Labute approximate surface area is 106 Å². The average Bonchev–Trinajstić information content (AvgIpc) is 2.25. The predicted octanol–water partition coefficient (Wildman–Crippen LogP) is 0.253. The minimum absolute atomic E-state index is 0.0710. The quantitative estimate of drug-likeness (QED) is 0.419. The van der Waals surface area contributed by atoms with E-state index in [9.17, 15) is 14.4 Å². The molecule has 0 spiro atoms. The Morgan fingerprint density at radius 2 is 1.72 bits per heavy atom. The van der Waals surface area contributed by atoms with Crippen LogP contribution in [-0.4, -0.2) is 37.1 Å². The summed E-state index contributed by atoms with van der Waals surface area (Å²) in [6.45, 7) is 5.51. The highest BCUT2D eigenvalue weighted by atomic mass is 16.6. The standard InChI is InChI=1S/C12H19NO5/c1-4-17-11(15)10(12(16)18-5-2)7(3)8-6-9(14)13-8/h7-8,10H,4-6H2,1-3H3,(H,13,14). The lowest BCUT2D eigenvalue weighted by Crippen LogP contribution is -2.55. The van der Waals surface area contributed by atoms with Gasteiger partial charge in [0.2, 0.25) is 5.91 Å². The molecule has 0 aromatic rings. The van der Waals surface area contributed by atoms with E-state index in [1.807, 2.05) is 0 Å². The second-order valence-electron chi connectivity index (χ2n) is 4.22. The summed E-state index contributed by atoms with van der Waals surface area (Å²) in [6, 6.07) is -0.170. The summed E-state index contributed by atoms with van der Waals surface area (Å²) in [7, 11) is 0. The molecule has 1 amide bonds. The lowest BCUT2D eigenvalue weighted by molar-refractivity contribution is -0.166. The molecule has 0 aromatic heterocycles. The summed E-state index contributed by atoms with van der Waals surface area (Å²) in [5.74, 6) is -2.57. The van der Waals surface area contributed by atoms with E-state index < -0.39 is 17.9 Å². The first-order valence-electron chi connectivity index (χ1n) is 6.13. The molecule has 1 aliphatic heterocycles. The number of rotatable bonds is 6. The highest BCUT2D eigenvalue weighted by Crippen LogP contribution is 2.25. The van der Waals surface area contributed by atoms with E-state index in [0.717, 1.165) is 0 Å². The van der Waals surface area contributed by atoms with E-state index in [-0.39, 0.29) is 31.1 Å². The lowest BCUT2D eigenvalue weighted by atomic mass is 9.82. The Morgan fingerprint density at radius 3 is 2.06 bits per heavy atom. The third kappa shape index (κ3) is 3.21. The molecule has 0 saturated carbocycles. The van der Waals surface area contributed by atoms with Crippen molar-refractivity contribution < 1.29 is 23.9 Å². The number of nitrogens with one attached hydrogen (secondary N) is 1. The van der Waals surface area contributed by atoms with Crippen molar-refractivity contribution in [3.8, 4) is 0 Å². The zero-order chi connectivity index (χ0) is 13.7. The van der Waals surface area contributed by atoms with Gasteiger partial charge in [0.15, 0.2) is 5.92 Å². The molecule has 1 fully saturated rings. The maximum atomic E-state index is 11.8. The van der Waals surface area contributed by atoms with Crippen molar-refractivity contribution in [3.63, 3.8) is 0 Å². The van der Waals surface area contributed by atoms with Crippen LogP contribution in [-0.2, 0) is 23.9 Å². The highest BCUT2D eigenvalue weighted by Gasteiger charge is 2.43. The number of hydrogen-bond acceptors (Lipinski definition) is 5. The number of hydrogen-bond donors (Lipinski definition) is 1. The maximum absolute atomic E-state index is 11.8. The van der Waals surface area contributed by atoms with Crippen LogP contribution in [0.25, 0.3) is 0 Å². The van der Waals surface area contributed by atoms with Crippen molar-refractivity contribution in [1.82, 2.24) is 5.32 Å². The molecule has 0 radical (unpaired) electrons. The van der Waals surface area contributed by atoms with Gasteiger partial charge >= 0.3 is 11.9 Å². The Kier molecular flexibility index (Phi) is 5.12. The first-order valence-corrected chi connectivity index (χ1v) is 6.13. The van der Waals surface area contributed by atoms with Crippen LogP contribution in [0.5, 0.6) is 0 Å². The van der Waals surface area contributed by atoms with Crippen LogP contribution in [0.1, 0.15) is 27.2 Å². The number of amides is 1. The zero-order valence-corrected chi connectivity index (χ0v) is 10.9. The molecule has 18 heavy (non-hydrogen) atoms. The third-order valence-corrected chi connectivity index (χ3v) is 2.99. The van der Waals surface area contributed by atoms with Gasteiger partial charge in [-0.3, -0.25) is 14.4 Å². The molecule has 0 aliphatic carbocycles. The smallest absolute Gasteiger partial charge is 0.320 e. The maximum Gasteiger partial charge on any atom is 0.320 e. The van der Waals surface area contributed by atoms with Crippen LogP contribution < -0.4 is 5.32 Å². The first kappa shape index (κ1) is 14.5. The largest absolute Gasteiger partial charge is 0.465 e. The SMILES string of the molecule is CCOC(=O)C(C(=O)OCC)C(C)C1CC(=O)N1. The molecule has 0 bridgehead atoms. The first-order chi connectivity index (χ1) is 8.51. The van der Waals surface area contributed by atoms with Crippen LogP contribution in [0.2, 0.25) is 0 Å². The van der Waals surface area contributed by atoms with Gasteiger partial charge in [0.05, 0.1) is 13.2 Å². The molecular weight excluding hydrogens is 238 g/mol. The van der Waals surface area contributed by atoms with Gasteiger partial charge in [0.1, 0.15) is 0 Å². The van der Waals surface area contributed by atoms with Crippen LogP contribution in [0, 0.1) is 11.8 Å². The molecular formula is C12H19NO5. The third-order valence-electron chi connectivity index (χ3n) is 2.99.